The Morgan fingerprint density at radius 2 is 1.29 bits per heavy atom. The van der Waals surface area contributed by atoms with Crippen LogP contribution in [0.4, 0.5) is 0 Å². The van der Waals surface area contributed by atoms with Crippen LogP contribution in [0.25, 0.3) is 0 Å². The van der Waals surface area contributed by atoms with Gasteiger partial charge in [0.1, 0.15) is 13.2 Å². The number of ether oxygens (including phenoxy) is 2. The fourth-order valence-electron chi connectivity index (χ4n) is 0.640. The normalized spacial score (nSPS) is 10.4. The quantitative estimate of drug-likeness (QED) is 0.343. The highest BCUT2D eigenvalue weighted by Gasteiger charge is 1.77. The van der Waals surface area contributed by atoms with Gasteiger partial charge in [0.2, 0.25) is 0 Å². The Labute approximate surface area is 85.6 Å². The zero-order valence-corrected chi connectivity index (χ0v) is 8.11. The molecule has 0 aromatic rings. The van der Waals surface area contributed by atoms with Crippen LogP contribution in [0.5, 0.6) is 0 Å². The lowest BCUT2D eigenvalue weighted by atomic mass is 10.4. The van der Waals surface area contributed by atoms with Gasteiger partial charge in [0, 0.05) is 0 Å². The summed E-state index contributed by atoms with van der Waals surface area (Å²) in [5.41, 5.74) is 0. The summed E-state index contributed by atoms with van der Waals surface area (Å²) in [6, 6.07) is 0. The van der Waals surface area contributed by atoms with Gasteiger partial charge in [-0.2, -0.15) is 0 Å². The third-order valence-corrected chi connectivity index (χ3v) is 1.18. The third-order valence-electron chi connectivity index (χ3n) is 1.18. The van der Waals surface area contributed by atoms with Gasteiger partial charge in [0.15, 0.2) is 0 Å². The molecule has 0 bridgehead atoms. The molecule has 74 valence electrons. The maximum atomic E-state index is 5.01. The Hall–Kier alpha value is -1.48. The van der Waals surface area contributed by atoms with E-state index >= 15 is 0 Å². The van der Waals surface area contributed by atoms with Crippen molar-refractivity contribution in [2.45, 2.75) is 0 Å². The Bertz CT molecular complexity index is 222. The lowest BCUT2D eigenvalue weighted by Gasteiger charge is -1.91. The first-order valence-corrected chi connectivity index (χ1v) is 4.26. The van der Waals surface area contributed by atoms with Crippen LogP contribution in [0, 0.1) is 24.7 Å². The van der Waals surface area contributed by atoms with Crippen LogP contribution >= 0.6 is 0 Å². The van der Waals surface area contributed by atoms with Crippen molar-refractivity contribution in [3.63, 3.8) is 0 Å². The van der Waals surface area contributed by atoms with Crippen LogP contribution in [0.3, 0.4) is 0 Å². The zero-order chi connectivity index (χ0) is 10.5. The molecule has 14 heavy (non-hydrogen) atoms. The molecule has 0 N–H and O–H groups in total. The Morgan fingerprint density at radius 1 is 0.857 bits per heavy atom. The van der Waals surface area contributed by atoms with Gasteiger partial charge < -0.3 is 9.47 Å². The largest absolute Gasteiger partial charge is 0.365 e. The number of hydrogen-bond donors (Lipinski definition) is 0. The molecule has 0 atom stereocenters. The van der Waals surface area contributed by atoms with E-state index in [4.69, 9.17) is 22.3 Å². The Morgan fingerprint density at radius 3 is 1.64 bits per heavy atom. The summed E-state index contributed by atoms with van der Waals surface area (Å²) in [4.78, 5) is 0. The Balaban J connectivity index is 3.25. The minimum atomic E-state index is 0.347. The molecule has 0 aromatic carbocycles. The fraction of sp³-hybridized carbons (Fsp3) is 0.333. The molecule has 0 rings (SSSR count). The standard InChI is InChI=1S/C12H14O2/c1-3-9-13-11-7-5-6-8-12-14-10-4-2/h1-2,5-8H,9-12H2/b7-5+,8-6+. The molecule has 0 aromatic heterocycles. The molecule has 0 unspecified atom stereocenters. The summed E-state index contributed by atoms with van der Waals surface area (Å²) in [5.74, 6) is 4.76. The highest BCUT2D eigenvalue weighted by atomic mass is 16.5. The van der Waals surface area contributed by atoms with Crippen LogP contribution in [-0.2, 0) is 9.47 Å². The van der Waals surface area contributed by atoms with E-state index in [-0.39, 0.29) is 0 Å². The minimum absolute atomic E-state index is 0.347. The van der Waals surface area contributed by atoms with Gasteiger partial charge in [0.25, 0.3) is 0 Å². The van der Waals surface area contributed by atoms with Crippen molar-refractivity contribution in [2.75, 3.05) is 26.4 Å². The van der Waals surface area contributed by atoms with Crippen molar-refractivity contribution in [1.82, 2.24) is 0 Å². The van der Waals surface area contributed by atoms with Gasteiger partial charge in [0.05, 0.1) is 13.2 Å². The average Bonchev–Trinajstić information content (AvgIpc) is 2.21. The molecule has 0 aliphatic carbocycles. The van der Waals surface area contributed by atoms with Gasteiger partial charge in [-0.25, -0.2) is 0 Å². The Kier molecular flexibility index (Phi) is 10.3. The first kappa shape index (κ1) is 12.5. The molecule has 0 fully saturated rings. The van der Waals surface area contributed by atoms with Crippen LogP contribution in [0.1, 0.15) is 0 Å². The third kappa shape index (κ3) is 10.5. The van der Waals surface area contributed by atoms with E-state index in [0.29, 0.717) is 26.4 Å². The number of rotatable bonds is 7. The molecule has 0 heterocycles. The zero-order valence-electron chi connectivity index (χ0n) is 8.11. The van der Waals surface area contributed by atoms with Crippen molar-refractivity contribution >= 4 is 0 Å². The highest BCUT2D eigenvalue weighted by Crippen LogP contribution is 1.81. The molecule has 2 heteroatoms. The molecular weight excluding hydrogens is 176 g/mol. The molecule has 0 aliphatic heterocycles. The smallest absolute Gasteiger partial charge is 0.107 e. The lowest BCUT2D eigenvalue weighted by Crippen LogP contribution is -1.90. The van der Waals surface area contributed by atoms with Crippen molar-refractivity contribution in [3.8, 4) is 24.7 Å². The van der Waals surface area contributed by atoms with Crippen LogP contribution in [0.15, 0.2) is 24.3 Å². The molecule has 2 nitrogen and oxygen atoms in total. The van der Waals surface area contributed by atoms with Crippen molar-refractivity contribution < 1.29 is 9.47 Å². The second-order valence-corrected chi connectivity index (χ2v) is 2.29. The predicted molar refractivity (Wildman–Crippen MR) is 57.6 cm³/mol. The van der Waals surface area contributed by atoms with Crippen molar-refractivity contribution in [3.05, 3.63) is 24.3 Å². The maximum absolute atomic E-state index is 5.01. The summed E-state index contributed by atoms with van der Waals surface area (Å²) in [6.45, 7) is 1.75. The van der Waals surface area contributed by atoms with Gasteiger partial charge in [-0.15, -0.1) is 12.8 Å². The predicted octanol–water partition coefficient (Wildman–Crippen LogP) is 1.40. The highest BCUT2D eigenvalue weighted by molar-refractivity contribution is 5.02. The second kappa shape index (κ2) is 11.5. The first-order valence-electron chi connectivity index (χ1n) is 4.26. The number of allylic oxidation sites excluding steroid dienone is 2. The monoisotopic (exact) mass is 190 g/mol. The second-order valence-electron chi connectivity index (χ2n) is 2.29. The van der Waals surface area contributed by atoms with Gasteiger partial charge in [-0.3, -0.25) is 0 Å². The van der Waals surface area contributed by atoms with Gasteiger partial charge >= 0.3 is 0 Å². The summed E-state index contributed by atoms with van der Waals surface area (Å²) in [6.07, 6.45) is 17.5. The van der Waals surface area contributed by atoms with E-state index in [2.05, 4.69) is 11.8 Å². The van der Waals surface area contributed by atoms with Crippen LogP contribution in [-0.4, -0.2) is 26.4 Å². The SMILES string of the molecule is C#CCOC/C=C/C=C/COCC#C. The molecule has 0 spiro atoms. The van der Waals surface area contributed by atoms with Gasteiger partial charge in [-0.1, -0.05) is 36.1 Å². The van der Waals surface area contributed by atoms with E-state index < -0.39 is 0 Å². The van der Waals surface area contributed by atoms with E-state index in [0.717, 1.165) is 0 Å². The molecule has 0 saturated heterocycles. The van der Waals surface area contributed by atoms with Crippen molar-refractivity contribution in [2.24, 2.45) is 0 Å². The van der Waals surface area contributed by atoms with Crippen LogP contribution < -0.4 is 0 Å². The number of terminal acetylenes is 2. The van der Waals surface area contributed by atoms with E-state index in [9.17, 15) is 0 Å². The summed E-state index contributed by atoms with van der Waals surface area (Å²) >= 11 is 0. The van der Waals surface area contributed by atoms with E-state index in [1.54, 1.807) is 0 Å². The average molecular weight is 190 g/mol. The van der Waals surface area contributed by atoms with E-state index in [1.165, 1.54) is 0 Å². The van der Waals surface area contributed by atoms with Crippen molar-refractivity contribution in [1.29, 1.82) is 0 Å². The summed E-state index contributed by atoms with van der Waals surface area (Å²) in [7, 11) is 0. The lowest BCUT2D eigenvalue weighted by molar-refractivity contribution is 0.198. The van der Waals surface area contributed by atoms with Crippen LogP contribution in [0.2, 0.25) is 0 Å². The topological polar surface area (TPSA) is 18.5 Å². The molecule has 0 radical (unpaired) electrons. The fourth-order valence-corrected chi connectivity index (χ4v) is 0.640. The molecule has 0 saturated carbocycles. The van der Waals surface area contributed by atoms with Gasteiger partial charge in [-0.05, 0) is 0 Å². The molecular formula is C12H14O2. The van der Waals surface area contributed by atoms with E-state index in [1.807, 2.05) is 24.3 Å². The number of hydrogen-bond acceptors (Lipinski definition) is 2. The minimum Gasteiger partial charge on any atom is -0.365 e. The molecule has 0 amide bonds. The summed E-state index contributed by atoms with van der Waals surface area (Å²) in [5, 5.41) is 0. The first-order chi connectivity index (χ1) is 6.91. The molecule has 0 aliphatic rings. The maximum Gasteiger partial charge on any atom is 0.107 e. The summed E-state index contributed by atoms with van der Waals surface area (Å²) < 4.78 is 10.0.